The molecule has 0 spiro atoms. The van der Waals surface area contributed by atoms with Crippen LogP contribution in [0.3, 0.4) is 0 Å². The zero-order valence-electron chi connectivity index (χ0n) is 6.84. The molecule has 0 aliphatic heterocycles. The normalized spacial score (nSPS) is 14.9. The van der Waals surface area contributed by atoms with E-state index in [1.807, 2.05) is 0 Å². The van der Waals surface area contributed by atoms with Gasteiger partial charge >= 0.3 is 11.9 Å². The second-order valence-corrected chi connectivity index (χ2v) is 2.41. The summed E-state index contributed by atoms with van der Waals surface area (Å²) in [4.78, 5) is 20.2. The summed E-state index contributed by atoms with van der Waals surface area (Å²) in [6, 6.07) is 0. The third kappa shape index (κ3) is 7.19. The van der Waals surface area contributed by atoms with E-state index in [0.29, 0.717) is 0 Å². The summed E-state index contributed by atoms with van der Waals surface area (Å²) < 4.78 is 4.67. The molecule has 0 aromatic carbocycles. The van der Waals surface area contributed by atoms with Gasteiger partial charge in [0.25, 0.3) is 0 Å². The minimum Gasteiger partial charge on any atom is -0.481 e. The van der Waals surface area contributed by atoms with Crippen molar-refractivity contribution in [3.63, 3.8) is 0 Å². The number of carboxylic acid groups (broad SMARTS) is 2. The summed E-state index contributed by atoms with van der Waals surface area (Å²) in [6.45, 7) is 0. The second kappa shape index (κ2) is 5.46. The third-order valence-electron chi connectivity index (χ3n) is 1.10. The van der Waals surface area contributed by atoms with Crippen LogP contribution >= 0.6 is 0 Å². The molecule has 2 atom stereocenters. The van der Waals surface area contributed by atoms with Gasteiger partial charge in [-0.05, 0) is 0 Å². The van der Waals surface area contributed by atoms with Crippen molar-refractivity contribution in [3.05, 3.63) is 0 Å². The molecule has 0 saturated carbocycles. The Morgan fingerprint density at radius 2 is 1.38 bits per heavy atom. The van der Waals surface area contributed by atoms with Gasteiger partial charge in [-0.1, -0.05) is 0 Å². The second-order valence-electron chi connectivity index (χ2n) is 2.41. The van der Waals surface area contributed by atoms with Gasteiger partial charge in [0.05, 0.1) is 12.8 Å². The Labute approximate surface area is 74.3 Å². The van der Waals surface area contributed by atoms with Crippen LogP contribution in [0.1, 0.15) is 12.8 Å². The molecule has 2 unspecified atom stereocenters. The number of rotatable bonds is 6. The molecular formula is C6H12N2O5. The Morgan fingerprint density at radius 3 is 1.62 bits per heavy atom. The number of ether oxygens (including phenoxy) is 1. The first-order valence-corrected chi connectivity index (χ1v) is 3.52. The lowest BCUT2D eigenvalue weighted by Gasteiger charge is -2.15. The largest absolute Gasteiger partial charge is 0.481 e. The quantitative estimate of drug-likeness (QED) is 0.377. The van der Waals surface area contributed by atoms with Gasteiger partial charge in [0.15, 0.2) is 0 Å². The molecule has 0 bridgehead atoms. The molecule has 0 amide bonds. The van der Waals surface area contributed by atoms with E-state index in [-0.39, 0.29) is 0 Å². The van der Waals surface area contributed by atoms with E-state index in [0.717, 1.165) is 0 Å². The van der Waals surface area contributed by atoms with E-state index in [9.17, 15) is 9.59 Å². The predicted molar refractivity (Wildman–Crippen MR) is 41.5 cm³/mol. The molecule has 0 aliphatic carbocycles. The van der Waals surface area contributed by atoms with E-state index < -0.39 is 37.2 Å². The van der Waals surface area contributed by atoms with Gasteiger partial charge in [-0.2, -0.15) is 0 Å². The molecule has 6 N–H and O–H groups in total. The number of aliphatic carboxylic acids is 2. The van der Waals surface area contributed by atoms with Crippen LogP contribution in [0.4, 0.5) is 0 Å². The summed E-state index contributed by atoms with van der Waals surface area (Å²) in [5.74, 6) is -2.26. The first-order valence-electron chi connectivity index (χ1n) is 3.52. The van der Waals surface area contributed by atoms with Crippen molar-refractivity contribution >= 4 is 11.9 Å². The SMILES string of the molecule is NC(CC(=O)O)OC(N)CC(=O)O. The fourth-order valence-corrected chi connectivity index (χ4v) is 0.665. The Hall–Kier alpha value is -1.18. The van der Waals surface area contributed by atoms with E-state index >= 15 is 0 Å². The molecular weight excluding hydrogens is 180 g/mol. The van der Waals surface area contributed by atoms with Gasteiger partial charge in [-0.15, -0.1) is 0 Å². The van der Waals surface area contributed by atoms with E-state index in [4.69, 9.17) is 21.7 Å². The van der Waals surface area contributed by atoms with Crippen molar-refractivity contribution < 1.29 is 24.5 Å². The number of hydrogen-bond donors (Lipinski definition) is 4. The Morgan fingerprint density at radius 1 is 1.08 bits per heavy atom. The molecule has 0 saturated heterocycles. The average molecular weight is 192 g/mol. The van der Waals surface area contributed by atoms with Crippen LogP contribution < -0.4 is 11.5 Å². The van der Waals surface area contributed by atoms with E-state index in [1.165, 1.54) is 0 Å². The Kier molecular flexibility index (Phi) is 4.97. The molecule has 0 heterocycles. The van der Waals surface area contributed by atoms with Crippen molar-refractivity contribution in [2.45, 2.75) is 25.3 Å². The van der Waals surface area contributed by atoms with E-state index in [1.54, 1.807) is 0 Å². The molecule has 0 radical (unpaired) electrons. The van der Waals surface area contributed by atoms with Crippen LogP contribution in [0.5, 0.6) is 0 Å². The highest BCUT2D eigenvalue weighted by atomic mass is 16.5. The standard InChI is InChI=1S/C6H12N2O5/c7-3(1-5(9)10)13-4(8)2-6(11)12/h3-4H,1-2,7-8H2,(H,9,10)(H,11,12). The average Bonchev–Trinajstić information content (AvgIpc) is 1.80. The van der Waals surface area contributed by atoms with Gasteiger partial charge in [0.1, 0.15) is 12.5 Å². The van der Waals surface area contributed by atoms with Crippen molar-refractivity contribution in [2.24, 2.45) is 11.5 Å². The molecule has 0 aliphatic rings. The van der Waals surface area contributed by atoms with Crippen molar-refractivity contribution in [3.8, 4) is 0 Å². The maximum atomic E-state index is 10.1. The number of carbonyl (C=O) groups is 2. The lowest BCUT2D eigenvalue weighted by atomic mass is 10.3. The summed E-state index contributed by atoms with van der Waals surface area (Å²) in [6.07, 6.45) is -2.97. The summed E-state index contributed by atoms with van der Waals surface area (Å²) in [5.41, 5.74) is 10.4. The van der Waals surface area contributed by atoms with Crippen LogP contribution in [0.15, 0.2) is 0 Å². The van der Waals surface area contributed by atoms with Crippen molar-refractivity contribution in [1.82, 2.24) is 0 Å². The maximum Gasteiger partial charge on any atom is 0.307 e. The van der Waals surface area contributed by atoms with Crippen molar-refractivity contribution in [2.75, 3.05) is 0 Å². The molecule has 13 heavy (non-hydrogen) atoms. The predicted octanol–water partition coefficient (Wildman–Crippen LogP) is -1.48. The molecule has 0 aromatic rings. The lowest BCUT2D eigenvalue weighted by molar-refractivity contribution is -0.144. The summed E-state index contributed by atoms with van der Waals surface area (Å²) >= 11 is 0. The van der Waals surface area contributed by atoms with Crippen LogP contribution in [0, 0.1) is 0 Å². The number of nitrogens with two attached hydrogens (primary N) is 2. The number of carboxylic acids is 2. The monoisotopic (exact) mass is 192 g/mol. The van der Waals surface area contributed by atoms with Crippen LogP contribution in [-0.2, 0) is 14.3 Å². The van der Waals surface area contributed by atoms with Gasteiger partial charge in [-0.25, -0.2) is 0 Å². The molecule has 0 fully saturated rings. The van der Waals surface area contributed by atoms with Gasteiger partial charge in [0.2, 0.25) is 0 Å². The molecule has 0 rings (SSSR count). The highest BCUT2D eigenvalue weighted by molar-refractivity contribution is 5.67. The third-order valence-corrected chi connectivity index (χ3v) is 1.10. The lowest BCUT2D eigenvalue weighted by Crippen LogP contribution is -2.37. The molecule has 7 nitrogen and oxygen atoms in total. The zero-order chi connectivity index (χ0) is 10.4. The summed E-state index contributed by atoms with van der Waals surface area (Å²) in [7, 11) is 0. The zero-order valence-corrected chi connectivity index (χ0v) is 6.84. The smallest absolute Gasteiger partial charge is 0.307 e. The van der Waals surface area contributed by atoms with Gasteiger partial charge in [-0.3, -0.25) is 9.59 Å². The topological polar surface area (TPSA) is 136 Å². The van der Waals surface area contributed by atoms with Crippen LogP contribution in [-0.4, -0.2) is 34.6 Å². The molecule has 76 valence electrons. The number of hydrogen-bond acceptors (Lipinski definition) is 5. The van der Waals surface area contributed by atoms with Crippen LogP contribution in [0.25, 0.3) is 0 Å². The molecule has 0 aromatic heterocycles. The van der Waals surface area contributed by atoms with Crippen LogP contribution in [0.2, 0.25) is 0 Å². The fourth-order valence-electron chi connectivity index (χ4n) is 0.665. The van der Waals surface area contributed by atoms with Gasteiger partial charge in [0, 0.05) is 0 Å². The highest BCUT2D eigenvalue weighted by Gasteiger charge is 2.14. The highest BCUT2D eigenvalue weighted by Crippen LogP contribution is 1.97. The summed E-state index contributed by atoms with van der Waals surface area (Å²) in [5, 5.41) is 16.5. The minimum absolute atomic E-state index is 0.409. The minimum atomic E-state index is -1.13. The van der Waals surface area contributed by atoms with Gasteiger partial charge < -0.3 is 26.4 Å². The van der Waals surface area contributed by atoms with E-state index in [2.05, 4.69) is 4.74 Å². The molecule has 7 heteroatoms. The first kappa shape index (κ1) is 11.8. The first-order chi connectivity index (χ1) is 5.91. The maximum absolute atomic E-state index is 10.1. The Bertz CT molecular complexity index is 175. The fraction of sp³-hybridized carbons (Fsp3) is 0.667. The Balaban J connectivity index is 3.70. The van der Waals surface area contributed by atoms with Crippen molar-refractivity contribution in [1.29, 1.82) is 0 Å².